The SMILES string of the molecule is CC(=O)C1(N)CC1CCN. The number of ketones is 1. The topological polar surface area (TPSA) is 69.1 Å². The van der Waals surface area contributed by atoms with E-state index in [1.54, 1.807) is 6.92 Å². The van der Waals surface area contributed by atoms with Gasteiger partial charge >= 0.3 is 0 Å². The van der Waals surface area contributed by atoms with Crippen molar-refractivity contribution in [3.05, 3.63) is 0 Å². The van der Waals surface area contributed by atoms with Gasteiger partial charge in [0.1, 0.15) is 5.78 Å². The van der Waals surface area contributed by atoms with E-state index in [2.05, 4.69) is 0 Å². The number of rotatable bonds is 3. The molecule has 0 spiro atoms. The van der Waals surface area contributed by atoms with Crippen molar-refractivity contribution in [2.75, 3.05) is 6.54 Å². The van der Waals surface area contributed by atoms with Crippen molar-refractivity contribution in [1.29, 1.82) is 0 Å². The van der Waals surface area contributed by atoms with Crippen LogP contribution < -0.4 is 11.5 Å². The van der Waals surface area contributed by atoms with Gasteiger partial charge in [0, 0.05) is 0 Å². The molecule has 3 nitrogen and oxygen atoms in total. The van der Waals surface area contributed by atoms with E-state index in [4.69, 9.17) is 11.5 Å². The normalized spacial score (nSPS) is 37.7. The number of carbonyl (C=O) groups is 1. The van der Waals surface area contributed by atoms with Gasteiger partial charge in [-0.25, -0.2) is 0 Å². The highest BCUT2D eigenvalue weighted by Gasteiger charge is 2.53. The van der Waals surface area contributed by atoms with Crippen LogP contribution in [-0.2, 0) is 4.79 Å². The lowest BCUT2D eigenvalue weighted by Crippen LogP contribution is -2.33. The van der Waals surface area contributed by atoms with Crippen molar-refractivity contribution in [2.24, 2.45) is 17.4 Å². The molecule has 10 heavy (non-hydrogen) atoms. The summed E-state index contributed by atoms with van der Waals surface area (Å²) in [5.74, 6) is 0.459. The Hall–Kier alpha value is -0.410. The van der Waals surface area contributed by atoms with Gasteiger partial charge in [0.25, 0.3) is 0 Å². The first-order chi connectivity index (χ1) is 4.61. The summed E-state index contributed by atoms with van der Waals surface area (Å²) < 4.78 is 0. The fraction of sp³-hybridized carbons (Fsp3) is 0.857. The maximum Gasteiger partial charge on any atom is 0.149 e. The number of carbonyl (C=O) groups excluding carboxylic acids is 1. The Morgan fingerprint density at radius 2 is 2.40 bits per heavy atom. The molecule has 0 aromatic rings. The standard InChI is InChI=1S/C7H14N2O/c1-5(10)7(9)4-6(7)2-3-8/h6H,2-4,8-9H2,1H3. The molecule has 3 heteroatoms. The van der Waals surface area contributed by atoms with Crippen LogP contribution in [0.2, 0.25) is 0 Å². The number of hydrogen-bond acceptors (Lipinski definition) is 3. The van der Waals surface area contributed by atoms with Gasteiger partial charge in [0.05, 0.1) is 5.54 Å². The molecule has 0 heterocycles. The molecule has 1 aliphatic rings. The molecule has 0 amide bonds. The molecule has 2 atom stereocenters. The van der Waals surface area contributed by atoms with Crippen LogP contribution in [0.3, 0.4) is 0 Å². The molecule has 4 N–H and O–H groups in total. The zero-order chi connectivity index (χ0) is 7.78. The van der Waals surface area contributed by atoms with Gasteiger partial charge in [0.2, 0.25) is 0 Å². The first-order valence-electron chi connectivity index (χ1n) is 3.61. The van der Waals surface area contributed by atoms with Gasteiger partial charge < -0.3 is 11.5 Å². The van der Waals surface area contributed by atoms with Crippen LogP contribution in [0.4, 0.5) is 0 Å². The van der Waals surface area contributed by atoms with Crippen molar-refractivity contribution in [3.8, 4) is 0 Å². The summed E-state index contributed by atoms with van der Waals surface area (Å²) in [6.45, 7) is 2.19. The first kappa shape index (κ1) is 7.69. The number of Topliss-reactive ketones (excluding diaryl/α,β-unsaturated/α-hetero) is 1. The maximum absolute atomic E-state index is 10.8. The zero-order valence-electron chi connectivity index (χ0n) is 6.26. The summed E-state index contributed by atoms with van der Waals surface area (Å²) in [5, 5.41) is 0. The predicted octanol–water partition coefficient (Wildman–Crippen LogP) is -0.358. The van der Waals surface area contributed by atoms with Crippen molar-refractivity contribution < 1.29 is 4.79 Å². The molecule has 0 radical (unpaired) electrons. The molecule has 0 bridgehead atoms. The van der Waals surface area contributed by atoms with E-state index in [0.717, 1.165) is 12.8 Å². The van der Waals surface area contributed by atoms with Crippen LogP contribution in [0.15, 0.2) is 0 Å². The lowest BCUT2D eigenvalue weighted by molar-refractivity contribution is -0.119. The predicted molar refractivity (Wildman–Crippen MR) is 39.4 cm³/mol. The summed E-state index contributed by atoms with van der Waals surface area (Å²) >= 11 is 0. The molecule has 1 fully saturated rings. The number of nitrogens with two attached hydrogens (primary N) is 2. The fourth-order valence-corrected chi connectivity index (χ4v) is 1.34. The summed E-state index contributed by atoms with van der Waals surface area (Å²) in [7, 11) is 0. The Bertz CT molecular complexity index is 158. The Labute approximate surface area is 60.8 Å². The highest BCUT2D eigenvalue weighted by molar-refractivity contribution is 5.89. The summed E-state index contributed by atoms with van der Waals surface area (Å²) in [5.41, 5.74) is 10.5. The third-order valence-electron chi connectivity index (χ3n) is 2.32. The van der Waals surface area contributed by atoms with Crippen LogP contribution in [0, 0.1) is 5.92 Å². The zero-order valence-corrected chi connectivity index (χ0v) is 6.26. The minimum Gasteiger partial charge on any atom is -0.330 e. The minimum absolute atomic E-state index is 0.103. The van der Waals surface area contributed by atoms with Crippen LogP contribution in [0.25, 0.3) is 0 Å². The molecule has 1 saturated carbocycles. The van der Waals surface area contributed by atoms with Gasteiger partial charge in [-0.2, -0.15) is 0 Å². The molecule has 0 saturated heterocycles. The number of hydrogen-bond donors (Lipinski definition) is 2. The van der Waals surface area contributed by atoms with Crippen molar-refractivity contribution in [3.63, 3.8) is 0 Å². The lowest BCUT2D eigenvalue weighted by Gasteiger charge is -2.04. The second-order valence-corrected chi connectivity index (χ2v) is 3.07. The highest BCUT2D eigenvalue weighted by Crippen LogP contribution is 2.43. The molecule has 2 unspecified atom stereocenters. The quantitative estimate of drug-likeness (QED) is 0.565. The average Bonchev–Trinajstić information content (AvgIpc) is 2.45. The van der Waals surface area contributed by atoms with Crippen molar-refractivity contribution in [2.45, 2.75) is 25.3 Å². The second kappa shape index (κ2) is 2.32. The largest absolute Gasteiger partial charge is 0.330 e. The molecular weight excluding hydrogens is 128 g/mol. The summed E-state index contributed by atoms with van der Waals surface area (Å²) in [6.07, 6.45) is 1.72. The molecular formula is C7H14N2O. The average molecular weight is 142 g/mol. The van der Waals surface area contributed by atoms with E-state index in [1.807, 2.05) is 0 Å². The van der Waals surface area contributed by atoms with E-state index in [-0.39, 0.29) is 5.78 Å². The van der Waals surface area contributed by atoms with E-state index in [9.17, 15) is 4.79 Å². The van der Waals surface area contributed by atoms with Gasteiger partial charge in [-0.3, -0.25) is 4.79 Å². The summed E-state index contributed by atoms with van der Waals surface area (Å²) in [4.78, 5) is 10.8. The monoisotopic (exact) mass is 142 g/mol. The second-order valence-electron chi connectivity index (χ2n) is 3.07. The fourth-order valence-electron chi connectivity index (χ4n) is 1.34. The van der Waals surface area contributed by atoms with Gasteiger partial charge in [0.15, 0.2) is 0 Å². The van der Waals surface area contributed by atoms with Crippen LogP contribution in [0.5, 0.6) is 0 Å². The third-order valence-corrected chi connectivity index (χ3v) is 2.32. The van der Waals surface area contributed by atoms with Crippen molar-refractivity contribution >= 4 is 5.78 Å². The van der Waals surface area contributed by atoms with Crippen molar-refractivity contribution in [1.82, 2.24) is 0 Å². The van der Waals surface area contributed by atoms with Gasteiger partial charge in [-0.05, 0) is 32.2 Å². The third kappa shape index (κ3) is 1.07. The van der Waals surface area contributed by atoms with Gasteiger partial charge in [-0.1, -0.05) is 0 Å². The highest BCUT2D eigenvalue weighted by atomic mass is 16.1. The Balaban J connectivity index is 2.40. The first-order valence-corrected chi connectivity index (χ1v) is 3.61. The molecule has 58 valence electrons. The molecule has 1 rings (SSSR count). The van der Waals surface area contributed by atoms with Crippen LogP contribution >= 0.6 is 0 Å². The van der Waals surface area contributed by atoms with E-state index >= 15 is 0 Å². The smallest absolute Gasteiger partial charge is 0.149 e. The van der Waals surface area contributed by atoms with E-state index in [0.29, 0.717) is 12.5 Å². The molecule has 0 aromatic carbocycles. The Morgan fingerprint density at radius 3 is 2.70 bits per heavy atom. The minimum atomic E-state index is -0.501. The molecule has 0 aliphatic heterocycles. The summed E-state index contributed by atoms with van der Waals surface area (Å²) in [6, 6.07) is 0. The Morgan fingerprint density at radius 1 is 1.80 bits per heavy atom. The molecule has 1 aliphatic carbocycles. The van der Waals surface area contributed by atoms with Gasteiger partial charge in [-0.15, -0.1) is 0 Å². The van der Waals surface area contributed by atoms with Crippen LogP contribution in [-0.4, -0.2) is 17.9 Å². The van der Waals surface area contributed by atoms with Crippen LogP contribution in [0.1, 0.15) is 19.8 Å². The maximum atomic E-state index is 10.8. The van der Waals surface area contributed by atoms with E-state index < -0.39 is 5.54 Å². The lowest BCUT2D eigenvalue weighted by atomic mass is 10.1. The molecule has 0 aromatic heterocycles. The Kier molecular flexibility index (Phi) is 1.79. The van der Waals surface area contributed by atoms with E-state index in [1.165, 1.54) is 0 Å².